The molecule has 1 fully saturated rings. The Labute approximate surface area is 101 Å². The predicted octanol–water partition coefficient (Wildman–Crippen LogP) is -0.0693. The first-order valence-electron chi connectivity index (χ1n) is 5.16. The van der Waals surface area contributed by atoms with Gasteiger partial charge in [-0.05, 0) is 6.07 Å². The van der Waals surface area contributed by atoms with E-state index in [-0.39, 0.29) is 11.3 Å². The summed E-state index contributed by atoms with van der Waals surface area (Å²) in [5.41, 5.74) is 5.74. The molecule has 6 nitrogen and oxygen atoms in total. The van der Waals surface area contributed by atoms with Crippen molar-refractivity contribution >= 4 is 28.3 Å². The van der Waals surface area contributed by atoms with Crippen LogP contribution >= 0.6 is 0 Å². The van der Waals surface area contributed by atoms with Crippen LogP contribution < -0.4 is 10.6 Å². The molecular weight excluding hydrogens is 242 g/mol. The van der Waals surface area contributed by atoms with Crippen molar-refractivity contribution in [1.29, 1.82) is 0 Å². The monoisotopic (exact) mass is 255 g/mol. The number of pyridine rings is 1. The lowest BCUT2D eigenvalue weighted by molar-refractivity contribution is 0.0698. The highest BCUT2D eigenvalue weighted by Crippen LogP contribution is 2.19. The quantitative estimate of drug-likeness (QED) is 0.768. The van der Waals surface area contributed by atoms with Crippen LogP contribution in [-0.2, 0) is 10.8 Å². The van der Waals surface area contributed by atoms with Crippen molar-refractivity contribution in [2.45, 2.75) is 0 Å². The Morgan fingerprint density at radius 2 is 2.12 bits per heavy atom. The molecule has 1 aliphatic heterocycles. The number of aromatic nitrogens is 1. The van der Waals surface area contributed by atoms with Crippen molar-refractivity contribution in [3.63, 3.8) is 0 Å². The molecule has 1 aromatic heterocycles. The number of rotatable bonds is 2. The Morgan fingerprint density at radius 1 is 1.47 bits per heavy atom. The highest BCUT2D eigenvalue weighted by molar-refractivity contribution is 7.85. The Kier molecular flexibility index (Phi) is 3.28. The molecule has 0 amide bonds. The minimum Gasteiger partial charge on any atom is -0.478 e. The molecule has 7 heteroatoms. The van der Waals surface area contributed by atoms with E-state index in [4.69, 9.17) is 10.8 Å². The number of nitrogen functional groups attached to an aromatic ring is 1. The van der Waals surface area contributed by atoms with E-state index in [9.17, 15) is 9.00 Å². The molecule has 0 aromatic carbocycles. The first kappa shape index (κ1) is 11.8. The maximum Gasteiger partial charge on any atom is 0.337 e. The van der Waals surface area contributed by atoms with Gasteiger partial charge in [-0.3, -0.25) is 4.21 Å². The molecule has 3 N–H and O–H groups in total. The van der Waals surface area contributed by atoms with Crippen LogP contribution in [0.4, 0.5) is 11.5 Å². The molecule has 1 aromatic rings. The molecular formula is C10H13N3O3S. The van der Waals surface area contributed by atoms with Gasteiger partial charge >= 0.3 is 5.97 Å². The molecule has 0 saturated carbocycles. The van der Waals surface area contributed by atoms with Gasteiger partial charge in [0.05, 0.1) is 17.4 Å². The van der Waals surface area contributed by atoms with Crippen LogP contribution in [0.1, 0.15) is 10.4 Å². The molecule has 0 bridgehead atoms. The van der Waals surface area contributed by atoms with Crippen LogP contribution in [-0.4, -0.2) is 44.9 Å². The molecule has 1 aliphatic rings. The molecule has 0 aliphatic carbocycles. The summed E-state index contributed by atoms with van der Waals surface area (Å²) in [6.07, 6.45) is 1.35. The molecule has 0 spiro atoms. The van der Waals surface area contributed by atoms with Crippen molar-refractivity contribution in [2.24, 2.45) is 0 Å². The van der Waals surface area contributed by atoms with Crippen LogP contribution in [0.25, 0.3) is 0 Å². The first-order chi connectivity index (χ1) is 8.08. The number of aromatic carboxylic acids is 1. The van der Waals surface area contributed by atoms with Gasteiger partial charge in [-0.1, -0.05) is 0 Å². The van der Waals surface area contributed by atoms with Crippen LogP contribution in [0.15, 0.2) is 12.3 Å². The van der Waals surface area contributed by atoms with Crippen molar-refractivity contribution in [1.82, 2.24) is 4.98 Å². The maximum absolute atomic E-state index is 11.2. The lowest BCUT2D eigenvalue weighted by atomic mass is 10.2. The summed E-state index contributed by atoms with van der Waals surface area (Å²) in [6.45, 7) is 1.26. The molecule has 17 heavy (non-hydrogen) atoms. The van der Waals surface area contributed by atoms with Crippen molar-refractivity contribution in [3.05, 3.63) is 17.8 Å². The Morgan fingerprint density at radius 3 is 2.71 bits per heavy atom. The molecule has 0 atom stereocenters. The van der Waals surface area contributed by atoms with Gasteiger partial charge < -0.3 is 15.7 Å². The summed E-state index contributed by atoms with van der Waals surface area (Å²) in [6, 6.07) is 1.46. The highest BCUT2D eigenvalue weighted by Gasteiger charge is 2.18. The van der Waals surface area contributed by atoms with E-state index in [1.165, 1.54) is 12.3 Å². The van der Waals surface area contributed by atoms with E-state index in [1.807, 2.05) is 4.90 Å². The van der Waals surface area contributed by atoms with E-state index in [2.05, 4.69) is 4.98 Å². The number of carboxylic acids is 1. The Hall–Kier alpha value is -1.63. The molecule has 1 saturated heterocycles. The summed E-state index contributed by atoms with van der Waals surface area (Å²) < 4.78 is 11.2. The van der Waals surface area contributed by atoms with Gasteiger partial charge in [-0.2, -0.15) is 0 Å². The van der Waals surface area contributed by atoms with Gasteiger partial charge in [0.15, 0.2) is 0 Å². The summed E-state index contributed by atoms with van der Waals surface area (Å²) in [7, 11) is -0.764. The van der Waals surface area contributed by atoms with Crippen LogP contribution in [0.3, 0.4) is 0 Å². The number of nitrogens with two attached hydrogens (primary N) is 1. The molecule has 2 heterocycles. The van der Waals surface area contributed by atoms with E-state index in [1.54, 1.807) is 0 Å². The van der Waals surface area contributed by atoms with Crippen molar-refractivity contribution in [3.8, 4) is 0 Å². The minimum absolute atomic E-state index is 0.0571. The van der Waals surface area contributed by atoms with Crippen LogP contribution in [0.2, 0.25) is 0 Å². The SMILES string of the molecule is Nc1cnc(N2CCS(=O)CC2)cc1C(=O)O. The average molecular weight is 255 g/mol. The summed E-state index contributed by atoms with van der Waals surface area (Å²) in [5.74, 6) is 0.697. The fourth-order valence-electron chi connectivity index (χ4n) is 1.68. The zero-order valence-electron chi connectivity index (χ0n) is 9.13. The predicted molar refractivity (Wildman–Crippen MR) is 65.7 cm³/mol. The van der Waals surface area contributed by atoms with Gasteiger partial charge in [0.1, 0.15) is 5.82 Å². The zero-order valence-corrected chi connectivity index (χ0v) is 9.94. The number of anilines is 2. The smallest absolute Gasteiger partial charge is 0.337 e. The van der Waals surface area contributed by atoms with Crippen LogP contribution in [0, 0.1) is 0 Å². The maximum atomic E-state index is 11.2. The number of hydrogen-bond acceptors (Lipinski definition) is 5. The van der Waals surface area contributed by atoms with Gasteiger partial charge in [0.25, 0.3) is 0 Å². The third kappa shape index (κ3) is 2.55. The topological polar surface area (TPSA) is 96.5 Å². The second-order valence-electron chi connectivity index (χ2n) is 3.77. The number of hydrogen-bond donors (Lipinski definition) is 2. The largest absolute Gasteiger partial charge is 0.478 e. The number of carbonyl (C=O) groups is 1. The summed E-state index contributed by atoms with van der Waals surface area (Å²) >= 11 is 0. The Bertz CT molecular complexity index is 468. The summed E-state index contributed by atoms with van der Waals surface area (Å²) in [5, 5.41) is 8.96. The highest BCUT2D eigenvalue weighted by atomic mass is 32.2. The molecule has 92 valence electrons. The van der Waals surface area contributed by atoms with Gasteiger partial charge in [-0.25, -0.2) is 9.78 Å². The molecule has 0 radical (unpaired) electrons. The summed E-state index contributed by atoms with van der Waals surface area (Å²) in [4.78, 5) is 17.0. The lowest BCUT2D eigenvalue weighted by Crippen LogP contribution is -2.38. The average Bonchev–Trinajstić information content (AvgIpc) is 2.30. The third-order valence-electron chi connectivity index (χ3n) is 2.65. The van der Waals surface area contributed by atoms with Crippen molar-refractivity contribution < 1.29 is 14.1 Å². The van der Waals surface area contributed by atoms with Crippen molar-refractivity contribution in [2.75, 3.05) is 35.2 Å². The standard InChI is InChI=1S/C10H13N3O3S/c11-8-6-12-9(5-7(8)10(14)15)13-1-3-17(16)4-2-13/h5-6H,1-4,11H2,(H,14,15). The number of carboxylic acid groups (broad SMARTS) is 1. The Balaban J connectivity index is 2.24. The third-order valence-corrected chi connectivity index (χ3v) is 3.93. The second kappa shape index (κ2) is 4.70. The zero-order chi connectivity index (χ0) is 12.4. The van der Waals surface area contributed by atoms with E-state index in [0.717, 1.165) is 0 Å². The van der Waals surface area contributed by atoms with Gasteiger partial charge in [-0.15, -0.1) is 0 Å². The minimum atomic E-state index is -1.06. The van der Waals surface area contributed by atoms with Gasteiger partial charge in [0, 0.05) is 35.4 Å². The second-order valence-corrected chi connectivity index (χ2v) is 5.47. The molecule has 0 unspecified atom stereocenters. The normalized spacial score (nSPS) is 17.1. The van der Waals surface area contributed by atoms with E-state index in [0.29, 0.717) is 30.4 Å². The number of nitrogens with zero attached hydrogens (tertiary/aromatic N) is 2. The lowest BCUT2D eigenvalue weighted by Gasteiger charge is -2.27. The first-order valence-corrected chi connectivity index (χ1v) is 6.65. The van der Waals surface area contributed by atoms with E-state index < -0.39 is 16.8 Å². The van der Waals surface area contributed by atoms with Crippen LogP contribution in [0.5, 0.6) is 0 Å². The van der Waals surface area contributed by atoms with Gasteiger partial charge in [0.2, 0.25) is 0 Å². The fraction of sp³-hybridized carbons (Fsp3) is 0.400. The van der Waals surface area contributed by atoms with E-state index >= 15 is 0 Å². The molecule has 2 rings (SSSR count). The fourth-order valence-corrected chi connectivity index (χ4v) is 2.73.